The van der Waals surface area contributed by atoms with E-state index in [4.69, 9.17) is 0 Å². The summed E-state index contributed by atoms with van der Waals surface area (Å²) in [6.07, 6.45) is 3.47. The highest BCUT2D eigenvalue weighted by atomic mass is 32.2. The molecule has 0 amide bonds. The van der Waals surface area contributed by atoms with E-state index in [1.807, 2.05) is 19.1 Å². The van der Waals surface area contributed by atoms with Gasteiger partial charge in [-0.15, -0.1) is 0 Å². The molecule has 0 atom stereocenters. The van der Waals surface area contributed by atoms with Gasteiger partial charge in [0.25, 0.3) is 0 Å². The van der Waals surface area contributed by atoms with Crippen molar-refractivity contribution in [2.75, 3.05) is 5.75 Å². The Bertz CT molecular complexity index is 684. The summed E-state index contributed by atoms with van der Waals surface area (Å²) in [5.74, 6) is -0.405. The molecule has 0 saturated heterocycles. The van der Waals surface area contributed by atoms with E-state index in [0.717, 1.165) is 16.8 Å². The SMILES string of the molecule is Cc1ccnc(-c2cc(CCS(=O)(=O)[O-])ccn2)c1. The molecule has 6 heteroatoms. The van der Waals surface area contributed by atoms with Crippen LogP contribution in [0.15, 0.2) is 36.7 Å². The Hall–Kier alpha value is -1.79. The van der Waals surface area contributed by atoms with E-state index >= 15 is 0 Å². The van der Waals surface area contributed by atoms with Crippen molar-refractivity contribution in [1.29, 1.82) is 0 Å². The Morgan fingerprint density at radius 3 is 2.37 bits per heavy atom. The van der Waals surface area contributed by atoms with Crippen LogP contribution in [0, 0.1) is 6.92 Å². The Morgan fingerprint density at radius 2 is 1.74 bits per heavy atom. The zero-order valence-corrected chi connectivity index (χ0v) is 11.2. The van der Waals surface area contributed by atoms with Gasteiger partial charge in [0.05, 0.1) is 21.5 Å². The van der Waals surface area contributed by atoms with Crippen molar-refractivity contribution in [3.63, 3.8) is 0 Å². The number of aryl methyl sites for hydroxylation is 2. The molecular formula is C13H13N2O3S-. The van der Waals surface area contributed by atoms with Crippen LogP contribution in [0.5, 0.6) is 0 Å². The third-order valence-electron chi connectivity index (χ3n) is 2.64. The van der Waals surface area contributed by atoms with E-state index in [1.165, 1.54) is 0 Å². The third kappa shape index (κ3) is 4.11. The first-order valence-electron chi connectivity index (χ1n) is 5.75. The minimum absolute atomic E-state index is 0.188. The lowest BCUT2D eigenvalue weighted by molar-refractivity contribution is 0.462. The Balaban J connectivity index is 2.24. The maximum atomic E-state index is 10.6. The molecule has 0 radical (unpaired) electrons. The van der Waals surface area contributed by atoms with Gasteiger partial charge in [-0.2, -0.15) is 0 Å². The van der Waals surface area contributed by atoms with E-state index in [1.54, 1.807) is 24.5 Å². The lowest BCUT2D eigenvalue weighted by Crippen LogP contribution is -2.07. The molecule has 0 spiro atoms. The molecule has 5 nitrogen and oxygen atoms in total. The van der Waals surface area contributed by atoms with E-state index in [9.17, 15) is 13.0 Å². The lowest BCUT2D eigenvalue weighted by Gasteiger charge is -2.07. The van der Waals surface area contributed by atoms with Crippen molar-refractivity contribution < 1.29 is 13.0 Å². The van der Waals surface area contributed by atoms with Gasteiger partial charge in [0.1, 0.15) is 0 Å². The van der Waals surface area contributed by atoms with Gasteiger partial charge in [0, 0.05) is 18.1 Å². The van der Waals surface area contributed by atoms with Crippen LogP contribution in [0.1, 0.15) is 11.1 Å². The van der Waals surface area contributed by atoms with Crippen LogP contribution in [0.25, 0.3) is 11.4 Å². The second-order valence-corrected chi connectivity index (χ2v) is 5.80. The van der Waals surface area contributed by atoms with Crippen molar-refractivity contribution in [2.45, 2.75) is 13.3 Å². The summed E-state index contributed by atoms with van der Waals surface area (Å²) in [5, 5.41) is 0. The normalized spacial score (nSPS) is 11.5. The Morgan fingerprint density at radius 1 is 1.11 bits per heavy atom. The maximum absolute atomic E-state index is 10.6. The Labute approximate surface area is 112 Å². The first-order chi connectivity index (χ1) is 8.94. The van der Waals surface area contributed by atoms with Gasteiger partial charge in [0.2, 0.25) is 0 Å². The van der Waals surface area contributed by atoms with Crippen molar-refractivity contribution in [1.82, 2.24) is 9.97 Å². The molecule has 0 aromatic carbocycles. The van der Waals surface area contributed by atoms with E-state index in [-0.39, 0.29) is 6.42 Å². The van der Waals surface area contributed by atoms with Gasteiger partial charge in [-0.3, -0.25) is 9.97 Å². The number of aromatic nitrogens is 2. The summed E-state index contributed by atoms with van der Waals surface area (Å²) in [4.78, 5) is 8.42. The minimum atomic E-state index is -4.19. The minimum Gasteiger partial charge on any atom is -0.748 e. The standard InChI is InChI=1S/C13H14N2O3S/c1-10-2-5-14-12(8-10)13-9-11(3-6-15-13)4-7-19(16,17)18/h2-3,5-6,8-9H,4,7H2,1H3,(H,16,17,18)/p-1. The zero-order chi connectivity index (χ0) is 13.9. The predicted octanol–water partition coefficient (Wildman–Crippen LogP) is 1.54. The van der Waals surface area contributed by atoms with Gasteiger partial charge in [-0.1, -0.05) is 0 Å². The molecule has 0 aliphatic carbocycles. The highest BCUT2D eigenvalue weighted by molar-refractivity contribution is 7.85. The van der Waals surface area contributed by atoms with Gasteiger partial charge in [-0.25, -0.2) is 8.42 Å². The smallest absolute Gasteiger partial charge is 0.0949 e. The second-order valence-electron chi connectivity index (χ2n) is 4.28. The molecule has 0 aliphatic heterocycles. The fourth-order valence-corrected chi connectivity index (χ4v) is 2.17. The molecule has 0 fully saturated rings. The first kappa shape index (κ1) is 13.6. The molecule has 0 bridgehead atoms. The second kappa shape index (κ2) is 5.46. The topological polar surface area (TPSA) is 83.0 Å². The first-order valence-corrected chi connectivity index (χ1v) is 7.33. The fraction of sp³-hybridized carbons (Fsp3) is 0.231. The molecular weight excluding hydrogens is 264 g/mol. The molecule has 0 saturated carbocycles. The number of nitrogens with zero attached hydrogens (tertiary/aromatic N) is 2. The van der Waals surface area contributed by atoms with Crippen molar-refractivity contribution >= 4 is 10.1 Å². The van der Waals surface area contributed by atoms with Crippen molar-refractivity contribution in [3.8, 4) is 11.4 Å². The number of pyridine rings is 2. The van der Waals surface area contributed by atoms with Crippen molar-refractivity contribution in [2.24, 2.45) is 0 Å². The largest absolute Gasteiger partial charge is 0.748 e. The van der Waals surface area contributed by atoms with Crippen molar-refractivity contribution in [3.05, 3.63) is 47.8 Å². The van der Waals surface area contributed by atoms with Crippen LogP contribution in [-0.4, -0.2) is 28.7 Å². The van der Waals surface area contributed by atoms with Crippen LogP contribution in [0.3, 0.4) is 0 Å². The van der Waals surface area contributed by atoms with Gasteiger partial charge in [0.15, 0.2) is 0 Å². The molecule has 100 valence electrons. The predicted molar refractivity (Wildman–Crippen MR) is 70.5 cm³/mol. The summed E-state index contributed by atoms with van der Waals surface area (Å²) < 4.78 is 31.9. The Kier molecular flexibility index (Phi) is 3.92. The molecule has 0 unspecified atom stereocenters. The zero-order valence-electron chi connectivity index (χ0n) is 10.4. The number of hydrogen-bond donors (Lipinski definition) is 0. The van der Waals surface area contributed by atoms with Gasteiger partial charge >= 0.3 is 0 Å². The molecule has 19 heavy (non-hydrogen) atoms. The monoisotopic (exact) mass is 277 g/mol. The average molecular weight is 277 g/mol. The quantitative estimate of drug-likeness (QED) is 0.791. The van der Waals surface area contributed by atoms with Crippen LogP contribution < -0.4 is 0 Å². The maximum Gasteiger partial charge on any atom is 0.0949 e. The van der Waals surface area contributed by atoms with Crippen LogP contribution >= 0.6 is 0 Å². The highest BCUT2D eigenvalue weighted by Gasteiger charge is 2.04. The average Bonchev–Trinajstić information content (AvgIpc) is 2.36. The molecule has 2 heterocycles. The lowest BCUT2D eigenvalue weighted by atomic mass is 10.1. The van der Waals surface area contributed by atoms with Gasteiger partial charge in [-0.05, 0) is 48.7 Å². The molecule has 2 aromatic heterocycles. The van der Waals surface area contributed by atoms with Crippen LogP contribution in [0.2, 0.25) is 0 Å². The van der Waals surface area contributed by atoms with Crippen LogP contribution in [0.4, 0.5) is 0 Å². The number of rotatable bonds is 4. The molecule has 0 aliphatic rings. The summed E-state index contributed by atoms with van der Waals surface area (Å²) >= 11 is 0. The highest BCUT2D eigenvalue weighted by Crippen LogP contribution is 2.16. The summed E-state index contributed by atoms with van der Waals surface area (Å²) in [6.45, 7) is 1.96. The van der Waals surface area contributed by atoms with E-state index in [2.05, 4.69) is 9.97 Å². The summed E-state index contributed by atoms with van der Waals surface area (Å²) in [6, 6.07) is 7.24. The summed E-state index contributed by atoms with van der Waals surface area (Å²) in [5.41, 5.74) is 3.23. The van der Waals surface area contributed by atoms with Crippen LogP contribution in [-0.2, 0) is 16.5 Å². The van der Waals surface area contributed by atoms with Gasteiger partial charge < -0.3 is 4.55 Å². The fourth-order valence-electron chi connectivity index (χ4n) is 1.69. The molecule has 0 N–H and O–H groups in total. The summed E-state index contributed by atoms with van der Waals surface area (Å²) in [7, 11) is -4.19. The number of hydrogen-bond acceptors (Lipinski definition) is 5. The third-order valence-corrected chi connectivity index (χ3v) is 3.35. The van der Waals surface area contributed by atoms with E-state index in [0.29, 0.717) is 5.69 Å². The molecule has 2 aromatic rings. The molecule has 2 rings (SSSR count). The van der Waals surface area contributed by atoms with E-state index < -0.39 is 15.9 Å².